The second-order valence-electron chi connectivity index (χ2n) is 7.22. The van der Waals surface area contributed by atoms with Crippen molar-refractivity contribution in [1.29, 1.82) is 0 Å². The Morgan fingerprint density at radius 1 is 0.857 bits per heavy atom. The van der Waals surface area contributed by atoms with Crippen LogP contribution in [0.2, 0.25) is 0 Å². The van der Waals surface area contributed by atoms with E-state index in [0.717, 1.165) is 19.6 Å². The minimum absolute atomic E-state index is 0.187. The molecule has 120 valence electrons. The average molecular weight is 295 g/mol. The Balaban J connectivity index is 1.72. The first-order valence-electron chi connectivity index (χ1n) is 8.17. The summed E-state index contributed by atoms with van der Waals surface area (Å²) in [5, 5.41) is 0. The van der Waals surface area contributed by atoms with Crippen molar-refractivity contribution in [3.8, 4) is 0 Å². The molecule has 2 amide bonds. The second-order valence-corrected chi connectivity index (χ2v) is 7.22. The molecular weight excluding hydrogens is 266 g/mol. The minimum atomic E-state index is -0.331. The van der Waals surface area contributed by atoms with Gasteiger partial charge in [-0.1, -0.05) is 20.8 Å². The van der Waals surface area contributed by atoms with Gasteiger partial charge < -0.3 is 14.7 Å². The van der Waals surface area contributed by atoms with Gasteiger partial charge in [-0.05, 0) is 25.9 Å². The van der Waals surface area contributed by atoms with E-state index in [9.17, 15) is 9.59 Å². The molecule has 2 fully saturated rings. The standard InChI is InChI=1S/C16H29N3O2/c1-16(2,3)15(21)19-12-10-18(11-13-19)14(20)6-9-17-7-4-5-8-17/h4-13H2,1-3H3. The molecule has 0 aromatic heterocycles. The van der Waals surface area contributed by atoms with E-state index in [-0.39, 0.29) is 17.2 Å². The van der Waals surface area contributed by atoms with Crippen molar-refractivity contribution in [2.75, 3.05) is 45.8 Å². The third-order valence-electron chi connectivity index (χ3n) is 4.40. The summed E-state index contributed by atoms with van der Waals surface area (Å²) in [5.41, 5.74) is -0.331. The number of rotatable bonds is 3. The summed E-state index contributed by atoms with van der Waals surface area (Å²) in [5.74, 6) is 0.427. The van der Waals surface area contributed by atoms with Crippen LogP contribution in [0.15, 0.2) is 0 Å². The van der Waals surface area contributed by atoms with Crippen LogP contribution in [0.1, 0.15) is 40.0 Å². The fraction of sp³-hybridized carbons (Fsp3) is 0.875. The fourth-order valence-electron chi connectivity index (χ4n) is 3.05. The Hall–Kier alpha value is -1.10. The van der Waals surface area contributed by atoms with Crippen LogP contribution in [0.5, 0.6) is 0 Å². The molecule has 0 aromatic rings. The lowest BCUT2D eigenvalue weighted by molar-refractivity contribution is -0.145. The molecule has 2 saturated heterocycles. The molecule has 0 spiro atoms. The van der Waals surface area contributed by atoms with Gasteiger partial charge in [-0.25, -0.2) is 0 Å². The summed E-state index contributed by atoms with van der Waals surface area (Å²) in [7, 11) is 0. The quantitative estimate of drug-likeness (QED) is 0.785. The molecule has 0 aliphatic carbocycles. The molecule has 0 unspecified atom stereocenters. The van der Waals surface area contributed by atoms with Crippen molar-refractivity contribution in [2.24, 2.45) is 5.41 Å². The van der Waals surface area contributed by atoms with E-state index in [2.05, 4.69) is 4.90 Å². The van der Waals surface area contributed by atoms with Crippen LogP contribution in [0, 0.1) is 5.41 Å². The normalized spacial score (nSPS) is 20.9. The number of likely N-dealkylation sites (tertiary alicyclic amines) is 1. The number of carbonyl (C=O) groups is 2. The molecule has 5 nitrogen and oxygen atoms in total. The van der Waals surface area contributed by atoms with Gasteiger partial charge in [0.05, 0.1) is 0 Å². The van der Waals surface area contributed by atoms with Crippen molar-refractivity contribution in [2.45, 2.75) is 40.0 Å². The Morgan fingerprint density at radius 2 is 1.38 bits per heavy atom. The maximum absolute atomic E-state index is 12.2. The van der Waals surface area contributed by atoms with Gasteiger partial charge in [-0.3, -0.25) is 9.59 Å². The highest BCUT2D eigenvalue weighted by atomic mass is 16.2. The smallest absolute Gasteiger partial charge is 0.228 e. The molecule has 21 heavy (non-hydrogen) atoms. The lowest BCUT2D eigenvalue weighted by Gasteiger charge is -2.37. The number of nitrogens with zero attached hydrogens (tertiary/aromatic N) is 3. The summed E-state index contributed by atoms with van der Waals surface area (Å²) < 4.78 is 0. The predicted molar refractivity (Wildman–Crippen MR) is 82.9 cm³/mol. The zero-order valence-corrected chi connectivity index (χ0v) is 13.7. The van der Waals surface area contributed by atoms with E-state index in [1.54, 1.807) is 0 Å². The van der Waals surface area contributed by atoms with E-state index in [1.807, 2.05) is 30.6 Å². The van der Waals surface area contributed by atoms with E-state index in [0.29, 0.717) is 32.6 Å². The number of hydrogen-bond donors (Lipinski definition) is 0. The van der Waals surface area contributed by atoms with E-state index in [4.69, 9.17) is 0 Å². The largest absolute Gasteiger partial charge is 0.339 e. The highest BCUT2D eigenvalue weighted by Crippen LogP contribution is 2.19. The van der Waals surface area contributed by atoms with Crippen LogP contribution < -0.4 is 0 Å². The fourth-order valence-corrected chi connectivity index (χ4v) is 3.05. The molecular formula is C16H29N3O2. The lowest BCUT2D eigenvalue weighted by Crippen LogP contribution is -2.53. The van der Waals surface area contributed by atoms with Crippen LogP contribution in [-0.4, -0.2) is 72.3 Å². The topological polar surface area (TPSA) is 43.9 Å². The Kier molecular flexibility index (Phi) is 5.25. The summed E-state index contributed by atoms with van der Waals surface area (Å²) in [4.78, 5) is 30.6. The molecule has 0 saturated carbocycles. The summed E-state index contributed by atoms with van der Waals surface area (Å²) >= 11 is 0. The van der Waals surface area contributed by atoms with Gasteiger partial charge in [0.1, 0.15) is 0 Å². The Bertz CT molecular complexity index is 375. The van der Waals surface area contributed by atoms with Crippen LogP contribution in [-0.2, 0) is 9.59 Å². The summed E-state index contributed by atoms with van der Waals surface area (Å²) in [6, 6.07) is 0. The summed E-state index contributed by atoms with van der Waals surface area (Å²) in [6.45, 7) is 11.7. The van der Waals surface area contributed by atoms with E-state index >= 15 is 0 Å². The molecule has 0 atom stereocenters. The number of carbonyl (C=O) groups excluding carboxylic acids is 2. The monoisotopic (exact) mass is 295 g/mol. The Labute approximate surface area is 128 Å². The van der Waals surface area contributed by atoms with E-state index < -0.39 is 0 Å². The van der Waals surface area contributed by atoms with Crippen LogP contribution >= 0.6 is 0 Å². The SMILES string of the molecule is CC(C)(C)C(=O)N1CCN(C(=O)CCN2CCCC2)CC1. The molecule has 0 aromatic carbocycles. The van der Waals surface area contributed by atoms with Gasteiger partial charge >= 0.3 is 0 Å². The van der Waals surface area contributed by atoms with Crippen molar-refractivity contribution in [3.05, 3.63) is 0 Å². The van der Waals surface area contributed by atoms with Crippen LogP contribution in [0.4, 0.5) is 0 Å². The van der Waals surface area contributed by atoms with Crippen molar-refractivity contribution in [1.82, 2.24) is 14.7 Å². The molecule has 0 radical (unpaired) electrons. The zero-order valence-electron chi connectivity index (χ0n) is 13.7. The minimum Gasteiger partial charge on any atom is -0.339 e. The molecule has 2 rings (SSSR count). The summed E-state index contributed by atoms with van der Waals surface area (Å²) in [6.07, 6.45) is 3.15. The Morgan fingerprint density at radius 3 is 1.90 bits per heavy atom. The predicted octanol–water partition coefficient (Wildman–Crippen LogP) is 1.19. The molecule has 2 aliphatic rings. The average Bonchev–Trinajstić information content (AvgIpc) is 2.96. The first-order valence-corrected chi connectivity index (χ1v) is 8.17. The molecule has 2 heterocycles. The van der Waals surface area contributed by atoms with E-state index in [1.165, 1.54) is 12.8 Å². The van der Waals surface area contributed by atoms with Crippen molar-refractivity contribution in [3.63, 3.8) is 0 Å². The van der Waals surface area contributed by atoms with Crippen molar-refractivity contribution < 1.29 is 9.59 Å². The first-order chi connectivity index (χ1) is 9.88. The lowest BCUT2D eigenvalue weighted by atomic mass is 9.94. The molecule has 2 aliphatic heterocycles. The highest BCUT2D eigenvalue weighted by molar-refractivity contribution is 5.82. The van der Waals surface area contributed by atoms with Gasteiger partial charge in [-0.15, -0.1) is 0 Å². The maximum Gasteiger partial charge on any atom is 0.228 e. The molecule has 0 N–H and O–H groups in total. The molecule has 5 heteroatoms. The van der Waals surface area contributed by atoms with Gasteiger partial charge in [0.2, 0.25) is 11.8 Å². The number of piperazine rings is 1. The zero-order chi connectivity index (χ0) is 15.5. The third-order valence-corrected chi connectivity index (χ3v) is 4.40. The second kappa shape index (κ2) is 6.77. The number of hydrogen-bond acceptors (Lipinski definition) is 3. The van der Waals surface area contributed by atoms with Crippen LogP contribution in [0.3, 0.4) is 0 Å². The van der Waals surface area contributed by atoms with Crippen molar-refractivity contribution >= 4 is 11.8 Å². The third kappa shape index (κ3) is 4.43. The van der Waals surface area contributed by atoms with Gasteiger partial charge in [-0.2, -0.15) is 0 Å². The first kappa shape index (κ1) is 16.3. The van der Waals surface area contributed by atoms with Gasteiger partial charge in [0, 0.05) is 44.6 Å². The van der Waals surface area contributed by atoms with Crippen LogP contribution in [0.25, 0.3) is 0 Å². The van der Waals surface area contributed by atoms with Gasteiger partial charge in [0.25, 0.3) is 0 Å². The van der Waals surface area contributed by atoms with Gasteiger partial charge in [0.15, 0.2) is 0 Å². The molecule has 0 bridgehead atoms. The highest BCUT2D eigenvalue weighted by Gasteiger charge is 2.30. The number of amides is 2. The maximum atomic E-state index is 12.2.